The fourth-order valence-corrected chi connectivity index (χ4v) is 3.61. The predicted molar refractivity (Wildman–Crippen MR) is 84.7 cm³/mol. The lowest BCUT2D eigenvalue weighted by Crippen LogP contribution is -2.25. The van der Waals surface area contributed by atoms with E-state index in [1.165, 1.54) is 22.2 Å². The fraction of sp³-hybridized carbons (Fsp3) is 0.143. The molecule has 6 nitrogen and oxygen atoms in total. The summed E-state index contributed by atoms with van der Waals surface area (Å²) < 4.78 is 30.7. The molecule has 0 amide bonds. The van der Waals surface area contributed by atoms with Gasteiger partial charge in [0.1, 0.15) is 16.2 Å². The zero-order valence-electron chi connectivity index (χ0n) is 11.4. The number of hydrogen-bond donors (Lipinski definition) is 0. The number of rotatable bonds is 5. The Labute approximate surface area is 130 Å². The van der Waals surface area contributed by atoms with Crippen LogP contribution in [0.2, 0.25) is 0 Å². The highest BCUT2D eigenvalue weighted by Crippen LogP contribution is 2.14. The molecule has 0 unspecified atom stereocenters. The molecule has 1 aromatic carbocycles. The van der Waals surface area contributed by atoms with Gasteiger partial charge in [0, 0.05) is 6.54 Å². The first-order valence-electron chi connectivity index (χ1n) is 6.45. The molecule has 3 aromatic rings. The summed E-state index contributed by atoms with van der Waals surface area (Å²) in [6.07, 6.45) is 1.36. The Morgan fingerprint density at radius 1 is 1.18 bits per heavy atom. The van der Waals surface area contributed by atoms with E-state index >= 15 is 0 Å². The SMILES string of the molecule is O=c1c2sccc2ncn1CCS(=O)(=O)Oc1ccccc1. The fourth-order valence-electron chi connectivity index (χ4n) is 1.91. The van der Waals surface area contributed by atoms with Crippen molar-refractivity contribution in [3.63, 3.8) is 0 Å². The van der Waals surface area contributed by atoms with E-state index in [2.05, 4.69) is 4.98 Å². The van der Waals surface area contributed by atoms with Gasteiger partial charge in [-0.3, -0.25) is 9.36 Å². The molecule has 2 heterocycles. The van der Waals surface area contributed by atoms with Crippen LogP contribution in [-0.2, 0) is 16.7 Å². The van der Waals surface area contributed by atoms with Crippen LogP contribution in [0, 0.1) is 0 Å². The first-order chi connectivity index (χ1) is 10.6. The minimum atomic E-state index is -3.77. The van der Waals surface area contributed by atoms with Crippen LogP contribution in [0.5, 0.6) is 5.75 Å². The van der Waals surface area contributed by atoms with Crippen molar-refractivity contribution in [2.75, 3.05) is 5.75 Å². The maximum Gasteiger partial charge on any atom is 0.310 e. The summed E-state index contributed by atoms with van der Waals surface area (Å²) in [4.78, 5) is 16.3. The summed E-state index contributed by atoms with van der Waals surface area (Å²) in [7, 11) is -3.77. The second kappa shape index (κ2) is 5.90. The van der Waals surface area contributed by atoms with Crippen molar-refractivity contribution < 1.29 is 12.6 Å². The highest BCUT2D eigenvalue weighted by Gasteiger charge is 2.14. The minimum absolute atomic E-state index is 0.00512. The largest absolute Gasteiger partial charge is 0.382 e. The maximum atomic E-state index is 12.2. The van der Waals surface area contributed by atoms with Crippen LogP contribution < -0.4 is 9.74 Å². The summed E-state index contributed by atoms with van der Waals surface area (Å²) in [5.41, 5.74) is 0.379. The number of fused-ring (bicyclic) bond motifs is 1. The number of nitrogens with zero attached hydrogens (tertiary/aromatic N) is 2. The van der Waals surface area contributed by atoms with Crippen molar-refractivity contribution in [1.29, 1.82) is 0 Å². The highest BCUT2D eigenvalue weighted by atomic mass is 32.2. The molecular weight excluding hydrogens is 324 g/mol. The molecule has 0 saturated carbocycles. The number of thiophene rings is 1. The van der Waals surface area contributed by atoms with E-state index in [-0.39, 0.29) is 23.6 Å². The lowest BCUT2D eigenvalue weighted by atomic mass is 10.3. The Hall–Kier alpha value is -2.19. The third-order valence-electron chi connectivity index (χ3n) is 2.98. The Morgan fingerprint density at radius 3 is 2.73 bits per heavy atom. The molecule has 114 valence electrons. The van der Waals surface area contributed by atoms with Gasteiger partial charge in [0.25, 0.3) is 5.56 Å². The molecule has 22 heavy (non-hydrogen) atoms. The monoisotopic (exact) mass is 336 g/mol. The van der Waals surface area contributed by atoms with Gasteiger partial charge in [-0.15, -0.1) is 11.3 Å². The molecule has 0 N–H and O–H groups in total. The third-order valence-corrected chi connectivity index (χ3v) is 5.00. The van der Waals surface area contributed by atoms with E-state index < -0.39 is 10.1 Å². The van der Waals surface area contributed by atoms with Gasteiger partial charge in [0.05, 0.1) is 11.8 Å². The van der Waals surface area contributed by atoms with Crippen molar-refractivity contribution in [2.24, 2.45) is 0 Å². The van der Waals surface area contributed by atoms with Crippen LogP contribution in [0.25, 0.3) is 10.2 Å². The maximum absolute atomic E-state index is 12.2. The second-order valence-electron chi connectivity index (χ2n) is 4.54. The van der Waals surface area contributed by atoms with Gasteiger partial charge in [-0.1, -0.05) is 18.2 Å². The Morgan fingerprint density at radius 2 is 1.95 bits per heavy atom. The Bertz CT molecular complexity index is 946. The van der Waals surface area contributed by atoms with E-state index in [4.69, 9.17) is 4.18 Å². The Kier molecular flexibility index (Phi) is 3.95. The molecule has 0 aliphatic rings. The molecule has 0 aliphatic heterocycles. The first kappa shape index (κ1) is 14.7. The lowest BCUT2D eigenvalue weighted by molar-refractivity contribution is 0.480. The summed E-state index contributed by atoms with van der Waals surface area (Å²) in [6, 6.07) is 10.0. The molecule has 0 bridgehead atoms. The van der Waals surface area contributed by atoms with Gasteiger partial charge < -0.3 is 4.18 Å². The number of benzene rings is 1. The minimum Gasteiger partial charge on any atom is -0.382 e. The average molecular weight is 336 g/mol. The molecule has 0 atom stereocenters. The van der Waals surface area contributed by atoms with Crippen molar-refractivity contribution in [2.45, 2.75) is 6.54 Å². The van der Waals surface area contributed by atoms with Gasteiger partial charge in [0.2, 0.25) is 0 Å². The molecular formula is C14H12N2O4S2. The van der Waals surface area contributed by atoms with Crippen molar-refractivity contribution in [3.05, 3.63) is 58.5 Å². The number of aryl methyl sites for hydroxylation is 1. The van der Waals surface area contributed by atoms with E-state index in [0.717, 1.165) is 0 Å². The molecule has 0 radical (unpaired) electrons. The molecule has 8 heteroatoms. The normalized spacial score (nSPS) is 11.6. The van der Waals surface area contributed by atoms with Crippen molar-refractivity contribution >= 4 is 31.7 Å². The van der Waals surface area contributed by atoms with Gasteiger partial charge in [-0.25, -0.2) is 4.98 Å². The Balaban J connectivity index is 1.75. The van der Waals surface area contributed by atoms with Gasteiger partial charge in [-0.2, -0.15) is 8.42 Å². The molecule has 0 saturated heterocycles. The van der Waals surface area contributed by atoms with Crippen LogP contribution in [-0.4, -0.2) is 23.7 Å². The van der Waals surface area contributed by atoms with E-state index in [0.29, 0.717) is 10.2 Å². The predicted octanol–water partition coefficient (Wildman–Crippen LogP) is 1.87. The van der Waals surface area contributed by atoms with Crippen LogP contribution >= 0.6 is 11.3 Å². The summed E-state index contributed by atoms with van der Waals surface area (Å²) in [5.74, 6) is -0.0536. The van der Waals surface area contributed by atoms with Gasteiger partial charge >= 0.3 is 10.1 Å². The second-order valence-corrected chi connectivity index (χ2v) is 7.14. The number of aromatic nitrogens is 2. The highest BCUT2D eigenvalue weighted by molar-refractivity contribution is 7.87. The number of para-hydroxylation sites is 1. The van der Waals surface area contributed by atoms with E-state index in [9.17, 15) is 13.2 Å². The summed E-state index contributed by atoms with van der Waals surface area (Å²) in [6.45, 7) is -0.00512. The molecule has 0 spiro atoms. The van der Waals surface area contributed by atoms with Crippen molar-refractivity contribution in [3.8, 4) is 5.75 Å². The third kappa shape index (κ3) is 3.18. The zero-order chi connectivity index (χ0) is 15.6. The van der Waals surface area contributed by atoms with Crippen LogP contribution in [0.3, 0.4) is 0 Å². The molecule has 0 fully saturated rings. The quantitative estimate of drug-likeness (QED) is 0.665. The van der Waals surface area contributed by atoms with E-state index in [1.54, 1.807) is 41.8 Å². The van der Waals surface area contributed by atoms with Crippen molar-refractivity contribution in [1.82, 2.24) is 9.55 Å². The van der Waals surface area contributed by atoms with E-state index in [1.807, 2.05) is 0 Å². The van der Waals surface area contributed by atoms with Crippen LogP contribution in [0.4, 0.5) is 0 Å². The first-order valence-corrected chi connectivity index (χ1v) is 8.91. The number of hydrogen-bond acceptors (Lipinski definition) is 6. The summed E-state index contributed by atoms with van der Waals surface area (Å²) in [5, 5.41) is 1.78. The topological polar surface area (TPSA) is 78.3 Å². The average Bonchev–Trinajstić information content (AvgIpc) is 2.96. The summed E-state index contributed by atoms with van der Waals surface area (Å²) >= 11 is 1.29. The molecule has 2 aromatic heterocycles. The van der Waals surface area contributed by atoms with Gasteiger partial charge in [-0.05, 0) is 23.6 Å². The van der Waals surface area contributed by atoms with Crippen LogP contribution in [0.15, 0.2) is 52.9 Å². The van der Waals surface area contributed by atoms with Gasteiger partial charge in [0.15, 0.2) is 0 Å². The lowest BCUT2D eigenvalue weighted by Gasteiger charge is -2.08. The van der Waals surface area contributed by atoms with Crippen LogP contribution in [0.1, 0.15) is 0 Å². The molecule has 0 aliphatic carbocycles. The smallest absolute Gasteiger partial charge is 0.310 e. The standard InChI is InChI=1S/C14H12N2O4S2/c17-14-13-12(6-8-21-13)15-10-16(14)7-9-22(18,19)20-11-4-2-1-3-5-11/h1-6,8,10H,7,9H2. The molecule has 3 rings (SSSR count). The zero-order valence-corrected chi connectivity index (χ0v) is 13.0.